The highest BCUT2D eigenvalue weighted by Gasteiger charge is 2.35. The molecule has 0 amide bonds. The molecule has 0 saturated heterocycles. The molecule has 1 aliphatic rings. The third kappa shape index (κ3) is 2.84. The van der Waals surface area contributed by atoms with Crippen molar-refractivity contribution < 1.29 is 0 Å². The summed E-state index contributed by atoms with van der Waals surface area (Å²) in [6.45, 7) is 4.58. The van der Waals surface area contributed by atoms with Gasteiger partial charge >= 0.3 is 0 Å². The number of nitrogens with two attached hydrogens (primary N) is 1. The molecule has 1 nitrogen and oxygen atoms in total. The van der Waals surface area contributed by atoms with Gasteiger partial charge in [-0.25, -0.2) is 0 Å². The van der Waals surface area contributed by atoms with Gasteiger partial charge in [0.1, 0.15) is 0 Å². The summed E-state index contributed by atoms with van der Waals surface area (Å²) in [6, 6.07) is 5.60. The summed E-state index contributed by atoms with van der Waals surface area (Å²) in [5.41, 5.74) is 7.28. The van der Waals surface area contributed by atoms with E-state index in [-0.39, 0.29) is 5.54 Å². The lowest BCUT2D eigenvalue weighted by atomic mass is 9.70. The van der Waals surface area contributed by atoms with Gasteiger partial charge in [-0.2, -0.15) is 0 Å². The van der Waals surface area contributed by atoms with E-state index in [2.05, 4.69) is 13.8 Å². The van der Waals surface area contributed by atoms with Crippen LogP contribution in [0.5, 0.6) is 0 Å². The molecule has 0 atom stereocenters. The predicted molar refractivity (Wildman–Crippen MR) is 79.1 cm³/mol. The summed E-state index contributed by atoms with van der Waals surface area (Å²) in [7, 11) is 0. The van der Waals surface area contributed by atoms with Crippen LogP contribution in [0.15, 0.2) is 18.2 Å². The van der Waals surface area contributed by atoms with E-state index in [4.69, 9.17) is 28.9 Å². The molecule has 100 valence electrons. The molecule has 2 rings (SSSR count). The maximum absolute atomic E-state index is 6.57. The van der Waals surface area contributed by atoms with Crippen molar-refractivity contribution in [2.45, 2.75) is 45.1 Å². The first-order valence-corrected chi connectivity index (χ1v) is 7.42. The van der Waals surface area contributed by atoms with Crippen LogP contribution in [-0.4, -0.2) is 0 Å². The largest absolute Gasteiger partial charge is 0.321 e. The van der Waals surface area contributed by atoms with Gasteiger partial charge in [-0.1, -0.05) is 37.0 Å². The van der Waals surface area contributed by atoms with E-state index in [0.29, 0.717) is 5.02 Å². The molecule has 1 aromatic carbocycles. The normalized spacial score (nSPS) is 28.7. The highest BCUT2D eigenvalue weighted by atomic mass is 35.5. The van der Waals surface area contributed by atoms with Crippen molar-refractivity contribution in [3.8, 4) is 0 Å². The fraction of sp³-hybridized carbons (Fsp3) is 0.600. The highest BCUT2D eigenvalue weighted by Crippen LogP contribution is 2.42. The molecule has 1 aliphatic carbocycles. The van der Waals surface area contributed by atoms with E-state index >= 15 is 0 Å². The van der Waals surface area contributed by atoms with Crippen LogP contribution >= 0.6 is 23.2 Å². The molecule has 3 heteroatoms. The Labute approximate surface area is 120 Å². The Balaban J connectivity index is 2.20. The first-order valence-electron chi connectivity index (χ1n) is 6.67. The summed E-state index contributed by atoms with van der Waals surface area (Å²) < 4.78 is 0. The van der Waals surface area contributed by atoms with Crippen LogP contribution in [-0.2, 0) is 5.54 Å². The number of hydrogen-bond acceptors (Lipinski definition) is 1. The Hall–Kier alpha value is -0.240. The summed E-state index contributed by atoms with van der Waals surface area (Å²) in [4.78, 5) is 0. The van der Waals surface area contributed by atoms with Crippen LogP contribution in [0.25, 0.3) is 0 Å². The molecular formula is C15H21Cl2N. The van der Waals surface area contributed by atoms with Gasteiger partial charge in [-0.15, -0.1) is 0 Å². The average molecular weight is 286 g/mol. The van der Waals surface area contributed by atoms with Crippen molar-refractivity contribution in [3.05, 3.63) is 33.8 Å². The third-order valence-electron chi connectivity index (χ3n) is 4.33. The van der Waals surface area contributed by atoms with E-state index in [1.807, 2.05) is 18.2 Å². The van der Waals surface area contributed by atoms with Crippen LogP contribution in [0.4, 0.5) is 0 Å². The maximum Gasteiger partial charge on any atom is 0.0457 e. The SMILES string of the molecule is CC(C)C1CCC(N)(c2cc(Cl)ccc2Cl)CC1. The summed E-state index contributed by atoms with van der Waals surface area (Å²) >= 11 is 12.3. The molecule has 18 heavy (non-hydrogen) atoms. The fourth-order valence-electron chi connectivity index (χ4n) is 2.97. The average Bonchev–Trinajstić information content (AvgIpc) is 2.32. The summed E-state index contributed by atoms with van der Waals surface area (Å²) in [5, 5.41) is 1.45. The predicted octanol–water partition coefficient (Wildman–Crippen LogP) is 4.99. The molecule has 0 radical (unpaired) electrons. The molecule has 0 heterocycles. The standard InChI is InChI=1S/C15H21Cl2N/c1-10(2)11-5-7-15(18,8-6-11)13-9-12(16)3-4-14(13)17/h3-4,9-11H,5-8,18H2,1-2H3. The van der Waals surface area contributed by atoms with Crippen LogP contribution in [0, 0.1) is 11.8 Å². The monoisotopic (exact) mass is 285 g/mol. The molecule has 1 aromatic rings. The van der Waals surface area contributed by atoms with Gasteiger partial charge in [0.05, 0.1) is 0 Å². The zero-order valence-electron chi connectivity index (χ0n) is 11.0. The second kappa shape index (κ2) is 5.40. The van der Waals surface area contributed by atoms with E-state index in [0.717, 1.165) is 35.3 Å². The quantitative estimate of drug-likeness (QED) is 0.814. The lowest BCUT2D eigenvalue weighted by Crippen LogP contribution is -2.41. The van der Waals surface area contributed by atoms with E-state index in [1.54, 1.807) is 0 Å². The Bertz CT molecular complexity index is 421. The Kier molecular flexibility index (Phi) is 4.25. The molecule has 0 unspecified atom stereocenters. The van der Waals surface area contributed by atoms with Crippen LogP contribution in [0.1, 0.15) is 45.1 Å². The maximum atomic E-state index is 6.57. The lowest BCUT2D eigenvalue weighted by molar-refractivity contribution is 0.196. The minimum absolute atomic E-state index is 0.298. The number of benzene rings is 1. The zero-order chi connectivity index (χ0) is 13.3. The van der Waals surface area contributed by atoms with Gasteiger partial charge < -0.3 is 5.73 Å². The van der Waals surface area contributed by atoms with Gasteiger partial charge in [0.25, 0.3) is 0 Å². The molecule has 0 bridgehead atoms. The second-order valence-electron chi connectivity index (χ2n) is 5.86. The topological polar surface area (TPSA) is 26.0 Å². The minimum Gasteiger partial charge on any atom is -0.321 e. The van der Waals surface area contributed by atoms with Crippen molar-refractivity contribution >= 4 is 23.2 Å². The van der Waals surface area contributed by atoms with Crippen molar-refractivity contribution in [2.24, 2.45) is 17.6 Å². The summed E-state index contributed by atoms with van der Waals surface area (Å²) in [5.74, 6) is 1.53. The van der Waals surface area contributed by atoms with Gasteiger partial charge in [0.15, 0.2) is 0 Å². The lowest BCUT2D eigenvalue weighted by Gasteiger charge is -2.39. The Morgan fingerprint density at radius 1 is 1.22 bits per heavy atom. The molecule has 0 aromatic heterocycles. The molecular weight excluding hydrogens is 265 g/mol. The number of halogens is 2. The van der Waals surface area contributed by atoms with Gasteiger partial charge in [-0.3, -0.25) is 0 Å². The molecule has 1 fully saturated rings. The molecule has 0 aliphatic heterocycles. The van der Waals surface area contributed by atoms with Gasteiger partial charge in [0.2, 0.25) is 0 Å². The molecule has 2 N–H and O–H groups in total. The molecule has 1 saturated carbocycles. The van der Waals surface area contributed by atoms with Gasteiger partial charge in [-0.05, 0) is 61.3 Å². The smallest absolute Gasteiger partial charge is 0.0457 e. The van der Waals surface area contributed by atoms with E-state index in [9.17, 15) is 0 Å². The van der Waals surface area contributed by atoms with Crippen LogP contribution in [0.3, 0.4) is 0 Å². The fourth-order valence-corrected chi connectivity index (χ4v) is 3.45. The Morgan fingerprint density at radius 3 is 2.39 bits per heavy atom. The number of hydrogen-bond donors (Lipinski definition) is 1. The van der Waals surface area contributed by atoms with Crippen LogP contribution < -0.4 is 5.73 Å². The van der Waals surface area contributed by atoms with E-state index < -0.39 is 0 Å². The molecule has 0 spiro atoms. The minimum atomic E-state index is -0.298. The van der Waals surface area contributed by atoms with Crippen LogP contribution in [0.2, 0.25) is 10.0 Å². The Morgan fingerprint density at radius 2 is 1.83 bits per heavy atom. The number of rotatable bonds is 2. The first-order chi connectivity index (χ1) is 8.42. The third-order valence-corrected chi connectivity index (χ3v) is 4.89. The van der Waals surface area contributed by atoms with E-state index in [1.165, 1.54) is 12.8 Å². The van der Waals surface area contributed by atoms with Gasteiger partial charge in [0, 0.05) is 15.6 Å². The van der Waals surface area contributed by atoms with Crippen molar-refractivity contribution in [2.75, 3.05) is 0 Å². The first kappa shape index (κ1) is 14.2. The van der Waals surface area contributed by atoms with Crippen molar-refractivity contribution in [3.63, 3.8) is 0 Å². The van der Waals surface area contributed by atoms with Crippen molar-refractivity contribution in [1.29, 1.82) is 0 Å². The second-order valence-corrected chi connectivity index (χ2v) is 6.71. The van der Waals surface area contributed by atoms with Crippen molar-refractivity contribution in [1.82, 2.24) is 0 Å². The summed E-state index contributed by atoms with van der Waals surface area (Å²) in [6.07, 6.45) is 4.35. The highest BCUT2D eigenvalue weighted by molar-refractivity contribution is 6.33. The zero-order valence-corrected chi connectivity index (χ0v) is 12.6.